The summed E-state index contributed by atoms with van der Waals surface area (Å²) in [7, 11) is 0. The van der Waals surface area contributed by atoms with E-state index >= 15 is 0 Å². The molecule has 0 saturated heterocycles. The monoisotopic (exact) mass is 453 g/mol. The third-order valence-corrected chi connectivity index (χ3v) is 6.14. The van der Waals surface area contributed by atoms with Gasteiger partial charge in [-0.3, -0.25) is 14.6 Å². The standard InChI is InChI=1S/C19H12BrN5O2S/c1-2-24-13-4-3-11(20)9-12(13)14(17(24)26)15-18(27)25-19(28-15)22-16(23-25)10-5-7-21-8-6-10/h3-9H,2H2,1H3. The molecule has 0 fully saturated rings. The summed E-state index contributed by atoms with van der Waals surface area (Å²) in [6.45, 7) is 2.44. The van der Waals surface area contributed by atoms with E-state index in [1.807, 2.05) is 25.1 Å². The first kappa shape index (κ1) is 17.2. The SMILES string of the molecule is CCN1C(=O)C(=c2sc3nc(-c4ccncc4)nn3c2=O)c2cc(Br)ccc21. The molecule has 1 aliphatic heterocycles. The van der Waals surface area contributed by atoms with Crippen molar-refractivity contribution in [3.63, 3.8) is 0 Å². The molecule has 9 heteroatoms. The lowest BCUT2D eigenvalue weighted by Crippen LogP contribution is -2.32. The van der Waals surface area contributed by atoms with Crippen LogP contribution in [-0.4, -0.2) is 32.0 Å². The Morgan fingerprint density at radius 3 is 2.64 bits per heavy atom. The zero-order valence-corrected chi connectivity index (χ0v) is 17.0. The second-order valence-corrected chi connectivity index (χ2v) is 8.08. The fourth-order valence-corrected chi connectivity index (χ4v) is 4.70. The molecule has 7 nitrogen and oxygen atoms in total. The Morgan fingerprint density at radius 1 is 1.14 bits per heavy atom. The molecule has 3 aromatic heterocycles. The Morgan fingerprint density at radius 2 is 1.93 bits per heavy atom. The predicted molar refractivity (Wildman–Crippen MR) is 110 cm³/mol. The Bertz CT molecular complexity index is 1360. The van der Waals surface area contributed by atoms with Crippen molar-refractivity contribution in [2.24, 2.45) is 0 Å². The summed E-state index contributed by atoms with van der Waals surface area (Å²) in [6, 6.07) is 9.21. The van der Waals surface area contributed by atoms with Crippen LogP contribution in [0.5, 0.6) is 0 Å². The van der Waals surface area contributed by atoms with Crippen LogP contribution in [0.1, 0.15) is 12.5 Å². The van der Waals surface area contributed by atoms with E-state index in [4.69, 9.17) is 0 Å². The number of carbonyl (C=O) groups excluding carboxylic acids is 1. The Labute approximate surface area is 171 Å². The van der Waals surface area contributed by atoms with Crippen LogP contribution < -0.4 is 15.0 Å². The van der Waals surface area contributed by atoms with Crippen LogP contribution >= 0.6 is 27.3 Å². The van der Waals surface area contributed by atoms with Crippen LogP contribution in [0.15, 0.2) is 52.0 Å². The largest absolute Gasteiger partial charge is 0.308 e. The minimum absolute atomic E-state index is 0.174. The molecule has 0 unspecified atom stereocenters. The van der Waals surface area contributed by atoms with Crippen LogP contribution in [0, 0.1) is 0 Å². The summed E-state index contributed by atoms with van der Waals surface area (Å²) in [4.78, 5) is 36.7. The smallest absolute Gasteiger partial charge is 0.291 e. The van der Waals surface area contributed by atoms with Gasteiger partial charge in [0.15, 0.2) is 5.82 Å². The van der Waals surface area contributed by atoms with Crippen molar-refractivity contribution in [1.29, 1.82) is 0 Å². The quantitative estimate of drug-likeness (QED) is 0.464. The van der Waals surface area contributed by atoms with Gasteiger partial charge in [-0.25, -0.2) is 0 Å². The zero-order chi connectivity index (χ0) is 19.4. The minimum atomic E-state index is -0.333. The van der Waals surface area contributed by atoms with Crippen molar-refractivity contribution < 1.29 is 4.79 Å². The number of halogens is 1. The van der Waals surface area contributed by atoms with E-state index in [9.17, 15) is 9.59 Å². The first-order valence-electron chi connectivity index (χ1n) is 8.54. The van der Waals surface area contributed by atoms with Gasteiger partial charge in [-0.05, 0) is 37.3 Å². The summed E-state index contributed by atoms with van der Waals surface area (Å²) in [5.74, 6) is 0.282. The highest BCUT2D eigenvalue weighted by molar-refractivity contribution is 9.10. The second-order valence-electron chi connectivity index (χ2n) is 6.19. The molecular weight excluding hydrogens is 442 g/mol. The molecule has 0 N–H and O–H groups in total. The van der Waals surface area contributed by atoms with Crippen molar-refractivity contribution in [2.45, 2.75) is 6.92 Å². The highest BCUT2D eigenvalue weighted by Gasteiger charge is 2.33. The Balaban J connectivity index is 1.78. The first-order chi connectivity index (χ1) is 13.6. The van der Waals surface area contributed by atoms with Gasteiger partial charge in [0.05, 0.1) is 11.3 Å². The zero-order valence-electron chi connectivity index (χ0n) is 14.6. The van der Waals surface area contributed by atoms with Crippen molar-refractivity contribution in [3.8, 4) is 11.4 Å². The van der Waals surface area contributed by atoms with Gasteiger partial charge in [0, 0.05) is 34.5 Å². The summed E-state index contributed by atoms with van der Waals surface area (Å²) >= 11 is 4.64. The molecule has 0 saturated carbocycles. The summed E-state index contributed by atoms with van der Waals surface area (Å²) in [5, 5.41) is 4.34. The van der Waals surface area contributed by atoms with E-state index in [1.165, 1.54) is 15.9 Å². The molecule has 1 aliphatic rings. The number of nitrogens with zero attached hydrogens (tertiary/aromatic N) is 5. The number of hydrogen-bond donors (Lipinski definition) is 0. The number of pyridine rings is 1. The minimum Gasteiger partial charge on any atom is -0.308 e. The molecule has 0 radical (unpaired) electrons. The van der Waals surface area contributed by atoms with Crippen LogP contribution in [0.25, 0.3) is 21.9 Å². The van der Waals surface area contributed by atoms with E-state index < -0.39 is 0 Å². The topological polar surface area (TPSA) is 80.5 Å². The molecule has 138 valence electrons. The number of hydrogen-bond acceptors (Lipinski definition) is 6. The maximum Gasteiger partial charge on any atom is 0.291 e. The average molecular weight is 454 g/mol. The molecular formula is C19H12BrN5O2S. The van der Waals surface area contributed by atoms with Gasteiger partial charge in [0.1, 0.15) is 4.53 Å². The van der Waals surface area contributed by atoms with Gasteiger partial charge in [-0.15, -0.1) is 5.10 Å². The number of carbonyl (C=O) groups is 1. The Hall–Kier alpha value is -2.91. The predicted octanol–water partition coefficient (Wildman–Crippen LogP) is 2.26. The highest BCUT2D eigenvalue weighted by Crippen LogP contribution is 2.37. The van der Waals surface area contributed by atoms with Gasteiger partial charge < -0.3 is 4.90 Å². The van der Waals surface area contributed by atoms with Crippen molar-refractivity contribution in [1.82, 2.24) is 19.6 Å². The molecule has 4 heterocycles. The maximum atomic E-state index is 13.1. The molecule has 0 spiro atoms. The molecule has 0 aliphatic carbocycles. The van der Waals surface area contributed by atoms with Crippen molar-refractivity contribution in [2.75, 3.05) is 11.4 Å². The molecule has 4 aromatic rings. The second kappa shape index (κ2) is 6.32. The summed E-state index contributed by atoms with van der Waals surface area (Å²) in [6.07, 6.45) is 3.30. The van der Waals surface area contributed by atoms with Gasteiger partial charge >= 0.3 is 0 Å². The molecule has 0 bridgehead atoms. The van der Waals surface area contributed by atoms with E-state index in [2.05, 4.69) is 31.0 Å². The third kappa shape index (κ3) is 2.43. The molecule has 1 aromatic carbocycles. The number of likely N-dealkylation sites (N-methyl/N-ethyl adjacent to an activating group) is 1. The van der Waals surface area contributed by atoms with Crippen LogP contribution in [0.3, 0.4) is 0 Å². The first-order valence-corrected chi connectivity index (χ1v) is 10.2. The molecule has 1 amide bonds. The van der Waals surface area contributed by atoms with Crippen molar-refractivity contribution in [3.05, 3.63) is 67.6 Å². The van der Waals surface area contributed by atoms with E-state index in [1.54, 1.807) is 29.4 Å². The number of anilines is 1. The highest BCUT2D eigenvalue weighted by atomic mass is 79.9. The Kier molecular flexibility index (Phi) is 3.88. The lowest BCUT2D eigenvalue weighted by molar-refractivity contribution is -0.113. The van der Waals surface area contributed by atoms with Gasteiger partial charge in [0.25, 0.3) is 11.5 Å². The maximum absolute atomic E-state index is 13.1. The third-order valence-electron chi connectivity index (χ3n) is 4.62. The lowest BCUT2D eigenvalue weighted by atomic mass is 10.1. The van der Waals surface area contributed by atoms with Gasteiger partial charge in [-0.2, -0.15) is 9.50 Å². The summed E-state index contributed by atoms with van der Waals surface area (Å²) < 4.78 is 2.47. The number of thiazole rings is 1. The average Bonchev–Trinajstić information content (AvgIpc) is 3.33. The normalized spacial score (nSPS) is 15.5. The number of fused-ring (bicyclic) bond motifs is 2. The van der Waals surface area contributed by atoms with Crippen LogP contribution in [0.2, 0.25) is 0 Å². The number of aromatic nitrogens is 4. The van der Waals surface area contributed by atoms with E-state index in [0.717, 1.165) is 21.3 Å². The van der Waals surface area contributed by atoms with Crippen LogP contribution in [0.4, 0.5) is 5.69 Å². The van der Waals surface area contributed by atoms with E-state index in [-0.39, 0.29) is 11.5 Å². The van der Waals surface area contributed by atoms with Crippen LogP contribution in [-0.2, 0) is 4.79 Å². The number of rotatable bonds is 2. The van der Waals surface area contributed by atoms with Gasteiger partial charge in [-0.1, -0.05) is 27.3 Å². The fraction of sp³-hybridized carbons (Fsp3) is 0.105. The molecule has 5 rings (SSSR count). The molecule has 0 atom stereocenters. The fourth-order valence-electron chi connectivity index (χ4n) is 3.35. The van der Waals surface area contributed by atoms with Gasteiger partial charge in [0.2, 0.25) is 4.96 Å². The van der Waals surface area contributed by atoms with Crippen molar-refractivity contribution >= 4 is 49.4 Å². The number of benzene rings is 1. The number of amides is 1. The summed E-state index contributed by atoms with van der Waals surface area (Å²) in [5.41, 5.74) is 2.41. The van der Waals surface area contributed by atoms with E-state index in [0.29, 0.717) is 27.4 Å². The lowest BCUT2D eigenvalue weighted by Gasteiger charge is -2.13. The molecule has 28 heavy (non-hydrogen) atoms.